The molecule has 50 valence electrons. The molecular weight excluding hydrogens is 148 g/mol. The van der Waals surface area contributed by atoms with Crippen molar-refractivity contribution < 1.29 is 0 Å². The van der Waals surface area contributed by atoms with Crippen molar-refractivity contribution in [3.63, 3.8) is 0 Å². The van der Waals surface area contributed by atoms with Gasteiger partial charge in [-0.1, -0.05) is 12.2 Å². The standard InChI is InChI=1S/C5H4N4S/c10-5-4-3(1-8-9-5)6-2-7-4/h1-2H,(H,6,7)(H,9,10). The minimum absolute atomic E-state index is 0.593. The van der Waals surface area contributed by atoms with Crippen LogP contribution >= 0.6 is 12.2 Å². The fourth-order valence-corrected chi connectivity index (χ4v) is 1.01. The molecule has 0 aromatic carbocycles. The summed E-state index contributed by atoms with van der Waals surface area (Å²) in [5.74, 6) is 0. The van der Waals surface area contributed by atoms with Gasteiger partial charge in [0.25, 0.3) is 0 Å². The van der Waals surface area contributed by atoms with E-state index < -0.39 is 0 Å². The fourth-order valence-electron chi connectivity index (χ4n) is 0.793. The predicted octanol–water partition coefficient (Wildman–Crippen LogP) is 1.02. The van der Waals surface area contributed by atoms with Gasteiger partial charge in [-0.05, 0) is 0 Å². The van der Waals surface area contributed by atoms with E-state index in [1.54, 1.807) is 12.5 Å². The maximum atomic E-state index is 4.92. The predicted molar refractivity (Wildman–Crippen MR) is 39.1 cm³/mol. The Morgan fingerprint density at radius 1 is 1.50 bits per heavy atom. The normalized spacial score (nSPS) is 10.4. The first-order valence-electron chi connectivity index (χ1n) is 2.75. The largest absolute Gasteiger partial charge is 0.342 e. The molecule has 0 radical (unpaired) electrons. The summed E-state index contributed by atoms with van der Waals surface area (Å²) >= 11 is 4.92. The van der Waals surface area contributed by atoms with Crippen LogP contribution in [-0.4, -0.2) is 20.2 Å². The molecule has 0 spiro atoms. The van der Waals surface area contributed by atoms with Crippen molar-refractivity contribution in [2.24, 2.45) is 0 Å². The first-order valence-corrected chi connectivity index (χ1v) is 3.15. The molecule has 0 atom stereocenters. The molecule has 2 rings (SSSR count). The van der Waals surface area contributed by atoms with Gasteiger partial charge < -0.3 is 4.98 Å². The Morgan fingerprint density at radius 2 is 2.40 bits per heavy atom. The van der Waals surface area contributed by atoms with E-state index in [1.807, 2.05) is 0 Å². The van der Waals surface area contributed by atoms with Crippen LogP contribution in [0.1, 0.15) is 0 Å². The number of hydrogen-bond donors (Lipinski definition) is 2. The highest BCUT2D eigenvalue weighted by molar-refractivity contribution is 7.71. The average Bonchev–Trinajstić information content (AvgIpc) is 2.36. The lowest BCUT2D eigenvalue weighted by atomic mass is 10.5. The topological polar surface area (TPSA) is 57.4 Å². The second-order valence-electron chi connectivity index (χ2n) is 1.86. The number of hydrogen-bond acceptors (Lipinski definition) is 3. The lowest BCUT2D eigenvalue weighted by molar-refractivity contribution is 1.03. The minimum atomic E-state index is 0.593. The van der Waals surface area contributed by atoms with E-state index in [1.165, 1.54) is 0 Å². The summed E-state index contributed by atoms with van der Waals surface area (Å²) in [6.07, 6.45) is 3.22. The van der Waals surface area contributed by atoms with Crippen LogP contribution in [0.15, 0.2) is 12.5 Å². The molecule has 0 aliphatic rings. The molecular formula is C5H4N4S. The quantitative estimate of drug-likeness (QED) is 0.554. The Labute approximate surface area is 61.3 Å². The van der Waals surface area contributed by atoms with Crippen molar-refractivity contribution in [2.75, 3.05) is 0 Å². The highest BCUT2D eigenvalue weighted by Crippen LogP contribution is 2.04. The van der Waals surface area contributed by atoms with Gasteiger partial charge in [0.15, 0.2) is 0 Å². The van der Waals surface area contributed by atoms with E-state index >= 15 is 0 Å². The summed E-state index contributed by atoms with van der Waals surface area (Å²) in [5.41, 5.74) is 1.63. The zero-order chi connectivity index (χ0) is 6.97. The highest BCUT2D eigenvalue weighted by Gasteiger charge is 1.94. The molecule has 10 heavy (non-hydrogen) atoms. The molecule has 0 aliphatic heterocycles. The maximum Gasteiger partial charge on any atom is 0.145 e. The number of nitrogens with one attached hydrogen (secondary N) is 2. The van der Waals surface area contributed by atoms with Crippen LogP contribution in [0.25, 0.3) is 11.0 Å². The number of aromatic nitrogens is 4. The van der Waals surface area contributed by atoms with Crippen LogP contribution in [0.3, 0.4) is 0 Å². The van der Waals surface area contributed by atoms with E-state index in [9.17, 15) is 0 Å². The number of nitrogens with zero attached hydrogens (tertiary/aromatic N) is 2. The molecule has 0 fully saturated rings. The molecule has 0 amide bonds. The SMILES string of the molecule is S=c1[nH]ncc2nc[nH]c12. The van der Waals surface area contributed by atoms with E-state index in [2.05, 4.69) is 20.2 Å². The molecule has 2 aromatic heterocycles. The first kappa shape index (κ1) is 5.55. The molecule has 5 heteroatoms. The van der Waals surface area contributed by atoms with Crippen LogP contribution in [0.4, 0.5) is 0 Å². The van der Waals surface area contributed by atoms with Gasteiger partial charge in [0, 0.05) is 0 Å². The summed E-state index contributed by atoms with van der Waals surface area (Å²) in [6.45, 7) is 0. The summed E-state index contributed by atoms with van der Waals surface area (Å²) in [7, 11) is 0. The Kier molecular flexibility index (Phi) is 1.04. The summed E-state index contributed by atoms with van der Waals surface area (Å²) in [4.78, 5) is 6.88. The zero-order valence-electron chi connectivity index (χ0n) is 4.96. The van der Waals surface area contributed by atoms with Crippen molar-refractivity contribution in [1.29, 1.82) is 0 Å². The second kappa shape index (κ2) is 1.88. The Balaban J connectivity index is 3.09. The molecule has 2 N–H and O–H groups in total. The molecule has 2 heterocycles. The Hall–Kier alpha value is -1.23. The van der Waals surface area contributed by atoms with E-state index in [-0.39, 0.29) is 0 Å². The second-order valence-corrected chi connectivity index (χ2v) is 2.27. The molecule has 2 aromatic rings. The van der Waals surface area contributed by atoms with E-state index in [0.29, 0.717) is 4.64 Å². The van der Waals surface area contributed by atoms with Crippen LogP contribution in [0.5, 0.6) is 0 Å². The van der Waals surface area contributed by atoms with Crippen LogP contribution in [0, 0.1) is 4.64 Å². The monoisotopic (exact) mass is 152 g/mol. The molecule has 0 saturated heterocycles. The average molecular weight is 152 g/mol. The smallest absolute Gasteiger partial charge is 0.145 e. The maximum absolute atomic E-state index is 4.92. The van der Waals surface area contributed by atoms with Gasteiger partial charge in [-0.3, -0.25) is 5.10 Å². The van der Waals surface area contributed by atoms with Gasteiger partial charge in [0.2, 0.25) is 0 Å². The molecule has 4 nitrogen and oxygen atoms in total. The van der Waals surface area contributed by atoms with Crippen molar-refractivity contribution in [2.45, 2.75) is 0 Å². The van der Waals surface area contributed by atoms with Gasteiger partial charge in [0.05, 0.1) is 12.5 Å². The Morgan fingerprint density at radius 3 is 3.20 bits per heavy atom. The van der Waals surface area contributed by atoms with Crippen molar-refractivity contribution >= 4 is 23.3 Å². The number of rotatable bonds is 0. The van der Waals surface area contributed by atoms with Gasteiger partial charge >= 0.3 is 0 Å². The van der Waals surface area contributed by atoms with Gasteiger partial charge in [-0.15, -0.1) is 0 Å². The lowest BCUT2D eigenvalue weighted by Gasteiger charge is -1.84. The van der Waals surface area contributed by atoms with Crippen LogP contribution in [-0.2, 0) is 0 Å². The molecule has 0 saturated carbocycles. The van der Waals surface area contributed by atoms with Gasteiger partial charge in [-0.25, -0.2) is 4.98 Å². The fraction of sp³-hybridized carbons (Fsp3) is 0. The first-order chi connectivity index (χ1) is 4.88. The summed E-state index contributed by atoms with van der Waals surface area (Å²) < 4.78 is 0.593. The van der Waals surface area contributed by atoms with E-state index in [4.69, 9.17) is 12.2 Å². The molecule has 0 bridgehead atoms. The highest BCUT2D eigenvalue weighted by atomic mass is 32.1. The minimum Gasteiger partial charge on any atom is -0.342 e. The third kappa shape index (κ3) is 0.640. The number of imidazole rings is 1. The third-order valence-electron chi connectivity index (χ3n) is 1.25. The van der Waals surface area contributed by atoms with Gasteiger partial charge in [0.1, 0.15) is 15.7 Å². The van der Waals surface area contributed by atoms with Crippen LogP contribution < -0.4 is 0 Å². The number of aromatic amines is 2. The van der Waals surface area contributed by atoms with Crippen LogP contribution in [0.2, 0.25) is 0 Å². The molecule has 0 aliphatic carbocycles. The number of H-pyrrole nitrogens is 2. The van der Waals surface area contributed by atoms with Crippen molar-refractivity contribution in [1.82, 2.24) is 20.2 Å². The lowest BCUT2D eigenvalue weighted by Crippen LogP contribution is -1.80. The zero-order valence-corrected chi connectivity index (χ0v) is 5.77. The van der Waals surface area contributed by atoms with Crippen molar-refractivity contribution in [3.05, 3.63) is 17.2 Å². The van der Waals surface area contributed by atoms with Gasteiger partial charge in [-0.2, -0.15) is 5.10 Å². The summed E-state index contributed by atoms with van der Waals surface area (Å²) in [5, 5.41) is 6.43. The molecule has 0 unspecified atom stereocenters. The Bertz CT molecular complexity index is 401. The van der Waals surface area contributed by atoms with Crippen molar-refractivity contribution in [3.8, 4) is 0 Å². The van der Waals surface area contributed by atoms with E-state index in [0.717, 1.165) is 11.0 Å². The number of fused-ring (bicyclic) bond motifs is 1. The third-order valence-corrected chi connectivity index (χ3v) is 1.54. The summed E-state index contributed by atoms with van der Waals surface area (Å²) in [6, 6.07) is 0.